The molecule has 0 bridgehead atoms. The summed E-state index contributed by atoms with van der Waals surface area (Å²) >= 11 is 6.15. The normalized spacial score (nSPS) is 16.9. The molecule has 0 spiro atoms. The number of carbonyl (C=O) groups excluding carboxylic acids is 2. The number of hydrogen-bond donors (Lipinski definition) is 1. The summed E-state index contributed by atoms with van der Waals surface area (Å²) in [4.78, 5) is 28.4. The highest BCUT2D eigenvalue weighted by Crippen LogP contribution is 2.28. The van der Waals surface area contributed by atoms with E-state index in [9.17, 15) is 9.59 Å². The lowest BCUT2D eigenvalue weighted by Crippen LogP contribution is -2.48. The van der Waals surface area contributed by atoms with E-state index < -0.39 is 0 Å². The number of piperazine rings is 1. The minimum absolute atomic E-state index is 0.0204. The number of anilines is 2. The molecule has 134 valence electrons. The number of fused-ring (bicyclic) bond motifs is 1. The molecule has 0 saturated carbocycles. The van der Waals surface area contributed by atoms with Crippen molar-refractivity contribution in [3.63, 3.8) is 0 Å². The van der Waals surface area contributed by atoms with Gasteiger partial charge in [0.25, 0.3) is 5.91 Å². The fraction of sp³-hybridized carbons (Fsp3) is 0.300. The van der Waals surface area contributed by atoms with Crippen LogP contribution in [0.15, 0.2) is 42.5 Å². The minimum Gasteiger partial charge on any atom is -0.368 e. The van der Waals surface area contributed by atoms with E-state index in [1.54, 1.807) is 12.1 Å². The van der Waals surface area contributed by atoms with Crippen molar-refractivity contribution in [2.45, 2.75) is 12.8 Å². The zero-order valence-electron chi connectivity index (χ0n) is 14.4. The van der Waals surface area contributed by atoms with E-state index in [-0.39, 0.29) is 11.8 Å². The van der Waals surface area contributed by atoms with Crippen LogP contribution in [0.4, 0.5) is 11.4 Å². The molecule has 2 aliphatic rings. The number of aryl methyl sites for hydroxylation is 1. The maximum atomic E-state index is 12.7. The summed E-state index contributed by atoms with van der Waals surface area (Å²) in [6, 6.07) is 13.4. The molecular formula is C20H20ClN3O2. The largest absolute Gasteiger partial charge is 0.368 e. The van der Waals surface area contributed by atoms with Crippen LogP contribution in [0.1, 0.15) is 22.3 Å². The van der Waals surface area contributed by atoms with Crippen LogP contribution in [0, 0.1) is 0 Å². The molecule has 2 heterocycles. The van der Waals surface area contributed by atoms with Crippen LogP contribution < -0.4 is 10.2 Å². The molecule has 0 aliphatic carbocycles. The van der Waals surface area contributed by atoms with E-state index in [0.29, 0.717) is 30.1 Å². The first-order chi connectivity index (χ1) is 12.6. The number of nitrogens with one attached hydrogen (secondary N) is 1. The first-order valence-electron chi connectivity index (χ1n) is 8.83. The van der Waals surface area contributed by atoms with E-state index >= 15 is 0 Å². The van der Waals surface area contributed by atoms with Gasteiger partial charge in [-0.05, 0) is 36.2 Å². The van der Waals surface area contributed by atoms with Gasteiger partial charge < -0.3 is 15.1 Å². The number of rotatable bonds is 2. The molecule has 5 nitrogen and oxygen atoms in total. The second-order valence-electron chi connectivity index (χ2n) is 6.65. The van der Waals surface area contributed by atoms with Gasteiger partial charge in [0.05, 0.1) is 10.6 Å². The Morgan fingerprint density at radius 1 is 1.00 bits per heavy atom. The monoisotopic (exact) mass is 369 g/mol. The second-order valence-corrected chi connectivity index (χ2v) is 7.06. The lowest BCUT2D eigenvalue weighted by Gasteiger charge is -2.36. The quantitative estimate of drug-likeness (QED) is 0.884. The number of halogens is 1. The van der Waals surface area contributed by atoms with Crippen molar-refractivity contribution < 1.29 is 9.59 Å². The molecule has 0 atom stereocenters. The van der Waals surface area contributed by atoms with Crippen molar-refractivity contribution in [1.82, 2.24) is 4.90 Å². The molecule has 1 N–H and O–H groups in total. The number of nitrogens with zero attached hydrogens (tertiary/aromatic N) is 2. The Labute approximate surface area is 157 Å². The summed E-state index contributed by atoms with van der Waals surface area (Å²) < 4.78 is 0. The van der Waals surface area contributed by atoms with Crippen LogP contribution in [0.3, 0.4) is 0 Å². The van der Waals surface area contributed by atoms with Gasteiger partial charge in [-0.2, -0.15) is 0 Å². The van der Waals surface area contributed by atoms with Crippen molar-refractivity contribution in [3.8, 4) is 0 Å². The molecule has 2 amide bonds. The zero-order chi connectivity index (χ0) is 18.1. The van der Waals surface area contributed by atoms with Gasteiger partial charge in [0.2, 0.25) is 5.91 Å². The minimum atomic E-state index is -0.0204. The lowest BCUT2D eigenvalue weighted by molar-refractivity contribution is -0.116. The molecule has 6 heteroatoms. The summed E-state index contributed by atoms with van der Waals surface area (Å²) in [5.74, 6) is 0.0535. The van der Waals surface area contributed by atoms with Crippen molar-refractivity contribution in [2.75, 3.05) is 36.4 Å². The van der Waals surface area contributed by atoms with Crippen molar-refractivity contribution in [1.29, 1.82) is 0 Å². The van der Waals surface area contributed by atoms with Gasteiger partial charge >= 0.3 is 0 Å². The Bertz CT molecular complexity index is 860. The van der Waals surface area contributed by atoms with Gasteiger partial charge in [-0.1, -0.05) is 29.8 Å². The van der Waals surface area contributed by atoms with E-state index in [1.807, 2.05) is 23.1 Å². The molecule has 0 aromatic heterocycles. The van der Waals surface area contributed by atoms with Crippen LogP contribution in [0.5, 0.6) is 0 Å². The molecule has 26 heavy (non-hydrogen) atoms. The third kappa shape index (κ3) is 3.27. The molecule has 4 rings (SSSR count). The average molecular weight is 370 g/mol. The number of benzene rings is 2. The SMILES string of the molecule is O=C1CCc2ccc(N3CCN(C(=O)c4ccccc4Cl)CC3)cc2N1. The summed E-state index contributed by atoms with van der Waals surface area (Å²) in [7, 11) is 0. The van der Waals surface area contributed by atoms with Crippen molar-refractivity contribution in [2.24, 2.45) is 0 Å². The average Bonchev–Trinajstić information content (AvgIpc) is 2.67. The molecule has 2 aromatic carbocycles. The van der Waals surface area contributed by atoms with Crippen LogP contribution in [0.2, 0.25) is 5.02 Å². The maximum absolute atomic E-state index is 12.7. The highest BCUT2D eigenvalue weighted by atomic mass is 35.5. The number of amides is 2. The van der Waals surface area contributed by atoms with Gasteiger partial charge in [0, 0.05) is 44.0 Å². The Hall–Kier alpha value is -2.53. The fourth-order valence-electron chi connectivity index (χ4n) is 3.53. The second kappa shape index (κ2) is 7.00. The van der Waals surface area contributed by atoms with Gasteiger partial charge in [-0.25, -0.2) is 0 Å². The predicted octanol–water partition coefficient (Wildman–Crippen LogP) is 3.19. The number of carbonyl (C=O) groups is 2. The van der Waals surface area contributed by atoms with Crippen LogP contribution in [-0.4, -0.2) is 42.9 Å². The Morgan fingerprint density at radius 2 is 1.77 bits per heavy atom. The summed E-state index contributed by atoms with van der Waals surface area (Å²) in [6.45, 7) is 2.80. The molecular weight excluding hydrogens is 350 g/mol. The van der Waals surface area contributed by atoms with E-state index in [0.717, 1.165) is 30.9 Å². The van der Waals surface area contributed by atoms with E-state index in [1.165, 1.54) is 5.56 Å². The summed E-state index contributed by atoms with van der Waals surface area (Å²) in [5, 5.41) is 3.44. The van der Waals surface area contributed by atoms with E-state index in [4.69, 9.17) is 11.6 Å². The predicted molar refractivity (Wildman–Crippen MR) is 103 cm³/mol. The first-order valence-corrected chi connectivity index (χ1v) is 9.21. The highest BCUT2D eigenvalue weighted by Gasteiger charge is 2.24. The molecule has 1 fully saturated rings. The topological polar surface area (TPSA) is 52.7 Å². The van der Waals surface area contributed by atoms with Gasteiger partial charge in [0.15, 0.2) is 0 Å². The van der Waals surface area contributed by atoms with E-state index in [2.05, 4.69) is 22.3 Å². The highest BCUT2D eigenvalue weighted by molar-refractivity contribution is 6.33. The summed E-state index contributed by atoms with van der Waals surface area (Å²) in [5.41, 5.74) is 3.73. The number of hydrogen-bond acceptors (Lipinski definition) is 3. The standard InChI is InChI=1S/C20H20ClN3O2/c21-17-4-2-1-3-16(17)20(26)24-11-9-23(10-12-24)15-7-5-14-6-8-19(25)22-18(14)13-15/h1-5,7,13H,6,8-12H2,(H,22,25). The van der Waals surface area contributed by atoms with Crippen LogP contribution in [0.25, 0.3) is 0 Å². The van der Waals surface area contributed by atoms with Gasteiger partial charge in [-0.15, -0.1) is 0 Å². The van der Waals surface area contributed by atoms with Crippen molar-refractivity contribution >= 4 is 34.8 Å². The zero-order valence-corrected chi connectivity index (χ0v) is 15.1. The van der Waals surface area contributed by atoms with Crippen molar-refractivity contribution in [3.05, 3.63) is 58.6 Å². The van der Waals surface area contributed by atoms with Crippen LogP contribution in [-0.2, 0) is 11.2 Å². The molecule has 1 saturated heterocycles. The summed E-state index contributed by atoms with van der Waals surface area (Å²) in [6.07, 6.45) is 1.34. The molecule has 2 aliphatic heterocycles. The Morgan fingerprint density at radius 3 is 2.54 bits per heavy atom. The molecule has 0 unspecified atom stereocenters. The van der Waals surface area contributed by atoms with Crippen LogP contribution >= 0.6 is 11.6 Å². The third-order valence-electron chi connectivity index (χ3n) is 5.03. The smallest absolute Gasteiger partial charge is 0.255 e. The third-order valence-corrected chi connectivity index (χ3v) is 5.35. The Balaban J connectivity index is 1.44. The maximum Gasteiger partial charge on any atom is 0.255 e. The van der Waals surface area contributed by atoms with Gasteiger partial charge in [-0.3, -0.25) is 9.59 Å². The fourth-order valence-corrected chi connectivity index (χ4v) is 3.75. The lowest BCUT2D eigenvalue weighted by atomic mass is 10.0. The molecule has 2 aromatic rings. The molecule has 0 radical (unpaired) electrons. The first kappa shape index (κ1) is 16.9. The van der Waals surface area contributed by atoms with Gasteiger partial charge in [0.1, 0.15) is 0 Å². The Kier molecular flexibility index (Phi) is 4.55.